The highest BCUT2D eigenvalue weighted by Gasteiger charge is 2.10. The molecule has 0 bridgehead atoms. The summed E-state index contributed by atoms with van der Waals surface area (Å²) in [4.78, 5) is 23.9. The molecule has 0 aliphatic heterocycles. The number of benzene rings is 2. The van der Waals surface area contributed by atoms with E-state index in [4.69, 9.17) is 4.74 Å². The first kappa shape index (κ1) is 19.2. The van der Waals surface area contributed by atoms with Gasteiger partial charge in [0.1, 0.15) is 23.2 Å². The number of ether oxygens (including phenoxy) is 1. The van der Waals surface area contributed by atoms with Gasteiger partial charge in [-0.3, -0.25) is 9.78 Å². The quantitative estimate of drug-likeness (QED) is 0.485. The van der Waals surface area contributed by atoms with Crippen molar-refractivity contribution in [3.63, 3.8) is 0 Å². The summed E-state index contributed by atoms with van der Waals surface area (Å²) in [5.41, 5.74) is 1.85. The summed E-state index contributed by atoms with van der Waals surface area (Å²) in [6.07, 6.45) is 1.93. The molecule has 29 heavy (non-hydrogen) atoms. The number of pyridine rings is 1. The maximum atomic E-state index is 13.4. The second-order valence-corrected chi connectivity index (χ2v) is 7.26. The molecule has 4 rings (SSSR count). The normalized spacial score (nSPS) is 11.0. The Labute approximate surface area is 172 Å². The number of fused-ring (bicyclic) bond motifs is 1. The van der Waals surface area contributed by atoms with Crippen molar-refractivity contribution in [3.05, 3.63) is 86.5 Å². The fourth-order valence-corrected chi connectivity index (χ4v) is 3.53. The van der Waals surface area contributed by atoms with E-state index in [2.05, 4.69) is 30.9 Å². The third kappa shape index (κ3) is 4.02. The molecule has 2 aromatic carbocycles. The molecule has 0 fully saturated rings. The minimum atomic E-state index is -0.661. The number of methoxy groups -OCH3 is 1. The maximum Gasteiger partial charge on any atom is 0.258 e. The van der Waals surface area contributed by atoms with Gasteiger partial charge < -0.3 is 9.72 Å². The fourth-order valence-electron chi connectivity index (χ4n) is 3.02. The molecule has 8 heteroatoms. The summed E-state index contributed by atoms with van der Waals surface area (Å²) < 4.78 is 32.7. The first-order chi connectivity index (χ1) is 13.9. The number of H-pyrrole nitrogens is 1. The van der Waals surface area contributed by atoms with Gasteiger partial charge >= 0.3 is 0 Å². The van der Waals surface area contributed by atoms with E-state index in [9.17, 15) is 13.6 Å². The van der Waals surface area contributed by atoms with Gasteiger partial charge in [-0.2, -0.15) is 0 Å². The highest BCUT2D eigenvalue weighted by atomic mass is 79.9. The van der Waals surface area contributed by atoms with Gasteiger partial charge in [-0.05, 0) is 45.8 Å². The summed E-state index contributed by atoms with van der Waals surface area (Å²) in [5.74, 6) is -0.273. The lowest BCUT2D eigenvalue weighted by atomic mass is 10.1. The molecule has 0 aliphatic rings. The third-order valence-corrected chi connectivity index (χ3v) is 5.00. The van der Waals surface area contributed by atoms with Gasteiger partial charge in [0.05, 0.1) is 28.2 Å². The second-order valence-electron chi connectivity index (χ2n) is 6.40. The maximum absolute atomic E-state index is 13.4. The van der Waals surface area contributed by atoms with Crippen LogP contribution in [-0.2, 0) is 6.42 Å². The number of nitrogens with one attached hydrogen (secondary N) is 1. The van der Waals surface area contributed by atoms with Crippen LogP contribution >= 0.6 is 15.9 Å². The molecule has 146 valence electrons. The van der Waals surface area contributed by atoms with Gasteiger partial charge in [0, 0.05) is 30.3 Å². The third-order valence-electron chi connectivity index (χ3n) is 4.38. The predicted molar refractivity (Wildman–Crippen MR) is 109 cm³/mol. The fraction of sp³-hybridized carbons (Fsp3) is 0.0952. The van der Waals surface area contributed by atoms with E-state index in [-0.39, 0.29) is 5.56 Å². The minimum Gasteiger partial charge on any atom is -0.495 e. The Kier molecular flexibility index (Phi) is 5.10. The smallest absolute Gasteiger partial charge is 0.258 e. The van der Waals surface area contributed by atoms with Crippen LogP contribution in [0.5, 0.6) is 5.75 Å². The van der Waals surface area contributed by atoms with E-state index < -0.39 is 11.6 Å². The molecule has 1 N–H and O–H groups in total. The Morgan fingerprint density at radius 1 is 1.10 bits per heavy atom. The Morgan fingerprint density at radius 3 is 2.52 bits per heavy atom. The molecule has 2 aromatic heterocycles. The lowest BCUT2D eigenvalue weighted by Crippen LogP contribution is -2.12. The highest BCUT2D eigenvalue weighted by molar-refractivity contribution is 9.10. The van der Waals surface area contributed by atoms with Crippen molar-refractivity contribution >= 4 is 26.8 Å². The summed E-state index contributed by atoms with van der Waals surface area (Å²) in [6, 6.07) is 10.1. The molecule has 0 spiro atoms. The van der Waals surface area contributed by atoms with Crippen LogP contribution in [0.4, 0.5) is 8.78 Å². The molecule has 0 saturated heterocycles. The molecule has 0 aliphatic carbocycles. The van der Waals surface area contributed by atoms with Gasteiger partial charge in [0.25, 0.3) is 5.56 Å². The van der Waals surface area contributed by atoms with Crippen molar-refractivity contribution in [2.75, 3.05) is 7.11 Å². The van der Waals surface area contributed by atoms with E-state index in [1.165, 1.54) is 19.2 Å². The summed E-state index contributed by atoms with van der Waals surface area (Å²) in [6.45, 7) is 0. The Hall–Kier alpha value is -3.13. The van der Waals surface area contributed by atoms with Gasteiger partial charge in [-0.1, -0.05) is 6.07 Å². The standard InChI is InChI=1S/C21H14BrF2N3O2/c1-29-19-9-18-15(8-16(19)22)21(28)27-20(26-18)4-11-2-3-17(25-10-11)12-5-13(23)7-14(24)6-12/h2-3,5-10H,4H2,1H3,(H,26,27,28). The molecule has 0 unspecified atom stereocenters. The van der Waals surface area contributed by atoms with Crippen LogP contribution in [0.3, 0.4) is 0 Å². The van der Waals surface area contributed by atoms with Crippen molar-refractivity contribution in [1.82, 2.24) is 15.0 Å². The average Bonchev–Trinajstić information content (AvgIpc) is 2.68. The Morgan fingerprint density at radius 2 is 1.86 bits per heavy atom. The zero-order chi connectivity index (χ0) is 20.5. The molecule has 0 radical (unpaired) electrons. The summed E-state index contributed by atoms with van der Waals surface area (Å²) in [7, 11) is 1.54. The first-order valence-corrected chi connectivity index (χ1v) is 9.40. The van der Waals surface area contributed by atoms with Crippen molar-refractivity contribution < 1.29 is 13.5 Å². The van der Waals surface area contributed by atoms with Crippen LogP contribution in [0.1, 0.15) is 11.4 Å². The molecule has 0 amide bonds. The lowest BCUT2D eigenvalue weighted by molar-refractivity contribution is 0.412. The molecule has 4 aromatic rings. The van der Waals surface area contributed by atoms with Crippen molar-refractivity contribution in [3.8, 4) is 17.0 Å². The average molecular weight is 458 g/mol. The SMILES string of the molecule is COc1cc2nc(Cc3ccc(-c4cc(F)cc(F)c4)nc3)[nH]c(=O)c2cc1Br. The zero-order valence-electron chi connectivity index (χ0n) is 15.2. The van der Waals surface area contributed by atoms with Crippen LogP contribution in [0.25, 0.3) is 22.2 Å². The lowest BCUT2D eigenvalue weighted by Gasteiger charge is -2.07. The van der Waals surface area contributed by atoms with E-state index >= 15 is 0 Å². The van der Waals surface area contributed by atoms with Crippen LogP contribution in [-0.4, -0.2) is 22.1 Å². The van der Waals surface area contributed by atoms with Gasteiger partial charge in [0.2, 0.25) is 0 Å². The van der Waals surface area contributed by atoms with E-state index in [1.807, 2.05) is 0 Å². The van der Waals surface area contributed by atoms with Gasteiger partial charge in [-0.25, -0.2) is 13.8 Å². The molecule has 2 heterocycles. The number of hydrogen-bond donors (Lipinski definition) is 1. The Bertz CT molecular complexity index is 1250. The largest absolute Gasteiger partial charge is 0.495 e. The van der Waals surface area contributed by atoms with E-state index in [0.717, 1.165) is 11.6 Å². The number of nitrogens with zero attached hydrogens (tertiary/aromatic N) is 2. The Balaban J connectivity index is 1.64. The monoisotopic (exact) mass is 457 g/mol. The number of hydrogen-bond acceptors (Lipinski definition) is 4. The number of aromatic nitrogens is 3. The molecule has 0 saturated carbocycles. The first-order valence-electron chi connectivity index (χ1n) is 8.61. The number of halogens is 3. The zero-order valence-corrected chi connectivity index (χ0v) is 16.8. The van der Waals surface area contributed by atoms with Crippen molar-refractivity contribution in [2.45, 2.75) is 6.42 Å². The van der Waals surface area contributed by atoms with Crippen LogP contribution < -0.4 is 10.3 Å². The number of rotatable bonds is 4. The molecule has 5 nitrogen and oxygen atoms in total. The van der Waals surface area contributed by atoms with Crippen LogP contribution in [0.2, 0.25) is 0 Å². The van der Waals surface area contributed by atoms with Gasteiger partial charge in [-0.15, -0.1) is 0 Å². The minimum absolute atomic E-state index is 0.256. The molecular weight excluding hydrogens is 444 g/mol. The van der Waals surface area contributed by atoms with Gasteiger partial charge in [0.15, 0.2) is 0 Å². The number of aromatic amines is 1. The summed E-state index contributed by atoms with van der Waals surface area (Å²) in [5, 5.41) is 0.447. The van der Waals surface area contributed by atoms with E-state index in [0.29, 0.717) is 44.6 Å². The van der Waals surface area contributed by atoms with E-state index in [1.54, 1.807) is 30.5 Å². The second kappa shape index (κ2) is 7.71. The predicted octanol–water partition coefficient (Wildman–Crippen LogP) is 4.63. The summed E-state index contributed by atoms with van der Waals surface area (Å²) >= 11 is 3.36. The van der Waals surface area contributed by atoms with Crippen molar-refractivity contribution in [1.29, 1.82) is 0 Å². The molecular formula is C21H14BrF2N3O2. The van der Waals surface area contributed by atoms with Crippen LogP contribution in [0, 0.1) is 11.6 Å². The van der Waals surface area contributed by atoms with Crippen molar-refractivity contribution in [2.24, 2.45) is 0 Å². The van der Waals surface area contributed by atoms with Crippen LogP contribution in [0.15, 0.2) is 57.9 Å². The molecule has 0 atom stereocenters. The highest BCUT2D eigenvalue weighted by Crippen LogP contribution is 2.28. The topological polar surface area (TPSA) is 67.9 Å².